The molecule has 3 rings (SSSR count). The van der Waals surface area contributed by atoms with Gasteiger partial charge in [0.25, 0.3) is 0 Å². The third kappa shape index (κ3) is 9.05. The molecule has 1 aromatic carbocycles. The summed E-state index contributed by atoms with van der Waals surface area (Å²) in [6.45, 7) is 11.8. The number of ether oxygens (including phenoxy) is 1. The van der Waals surface area contributed by atoms with Gasteiger partial charge in [0.05, 0.1) is 30.1 Å². The second-order valence-electron chi connectivity index (χ2n) is 11.0. The van der Waals surface area contributed by atoms with Crippen LogP contribution in [0.4, 0.5) is 5.69 Å². The van der Waals surface area contributed by atoms with Crippen LogP contribution in [0, 0.1) is 0 Å². The monoisotopic (exact) mass is 541 g/mol. The molecule has 0 aromatic heterocycles. The molecular formula is C31H51N5O3. The molecule has 0 bridgehead atoms. The Labute approximate surface area is 235 Å². The molecular weight excluding hydrogens is 490 g/mol. The van der Waals surface area contributed by atoms with E-state index in [-0.39, 0.29) is 18.2 Å². The largest absolute Gasteiger partial charge is 0.459 e. The molecule has 2 aliphatic rings. The van der Waals surface area contributed by atoms with Crippen LogP contribution >= 0.6 is 0 Å². The number of nitrogens with zero attached hydrogens (tertiary/aromatic N) is 2. The van der Waals surface area contributed by atoms with E-state index in [2.05, 4.69) is 54.2 Å². The predicted molar refractivity (Wildman–Crippen MR) is 158 cm³/mol. The highest BCUT2D eigenvalue weighted by atomic mass is 16.5. The highest BCUT2D eigenvalue weighted by Gasteiger charge is 2.31. The van der Waals surface area contributed by atoms with Gasteiger partial charge in [0.15, 0.2) is 0 Å². The predicted octanol–water partition coefficient (Wildman–Crippen LogP) is 5.22. The van der Waals surface area contributed by atoms with Gasteiger partial charge in [0.2, 0.25) is 5.91 Å². The molecule has 3 atom stereocenters. The number of carbonyl (C=O) groups excluding carboxylic acids is 2. The zero-order valence-corrected chi connectivity index (χ0v) is 24.6. The molecule has 1 aromatic rings. The molecule has 2 fully saturated rings. The molecule has 218 valence electrons. The molecule has 1 amide bonds. The van der Waals surface area contributed by atoms with Crippen molar-refractivity contribution in [2.45, 2.75) is 116 Å². The van der Waals surface area contributed by atoms with Crippen LogP contribution in [0.1, 0.15) is 102 Å². The van der Waals surface area contributed by atoms with Crippen molar-refractivity contribution in [1.82, 2.24) is 15.1 Å². The summed E-state index contributed by atoms with van der Waals surface area (Å²) in [4.78, 5) is 30.9. The Morgan fingerprint density at radius 2 is 1.82 bits per heavy atom. The lowest BCUT2D eigenvalue weighted by atomic mass is 9.96. The minimum atomic E-state index is -0.688. The number of benzene rings is 1. The van der Waals surface area contributed by atoms with Gasteiger partial charge in [0, 0.05) is 24.8 Å². The lowest BCUT2D eigenvalue weighted by Crippen LogP contribution is -2.47. The van der Waals surface area contributed by atoms with Gasteiger partial charge in [-0.05, 0) is 70.4 Å². The van der Waals surface area contributed by atoms with Gasteiger partial charge in [-0.15, -0.1) is 0 Å². The third-order valence-corrected chi connectivity index (χ3v) is 8.13. The Morgan fingerprint density at radius 1 is 1.08 bits per heavy atom. The van der Waals surface area contributed by atoms with Crippen LogP contribution in [0.15, 0.2) is 36.0 Å². The third-order valence-electron chi connectivity index (χ3n) is 8.13. The Balaban J connectivity index is 1.62. The number of nitrogens with two attached hydrogens (primary N) is 1. The van der Waals surface area contributed by atoms with E-state index in [4.69, 9.17) is 10.5 Å². The molecule has 8 heteroatoms. The number of anilines is 1. The lowest BCUT2D eigenvalue weighted by molar-refractivity contribution is -0.117. The van der Waals surface area contributed by atoms with Gasteiger partial charge in [-0.2, -0.15) is 0 Å². The Morgan fingerprint density at radius 3 is 2.46 bits per heavy atom. The van der Waals surface area contributed by atoms with E-state index in [1.807, 2.05) is 0 Å². The first-order chi connectivity index (χ1) is 18.9. The average Bonchev–Trinajstić information content (AvgIpc) is 3.40. The number of allylic oxidation sites excluding steroid dienone is 2. The van der Waals surface area contributed by atoms with Crippen LogP contribution in [0.25, 0.3) is 0 Å². The summed E-state index contributed by atoms with van der Waals surface area (Å²) >= 11 is 0. The van der Waals surface area contributed by atoms with Crippen LogP contribution in [-0.2, 0) is 9.53 Å². The molecule has 3 unspecified atom stereocenters. The first kappa shape index (κ1) is 31.1. The molecule has 1 saturated heterocycles. The van der Waals surface area contributed by atoms with Crippen LogP contribution in [-0.4, -0.2) is 65.8 Å². The molecule has 4 N–H and O–H groups in total. The van der Waals surface area contributed by atoms with Gasteiger partial charge in [-0.3, -0.25) is 14.6 Å². The van der Waals surface area contributed by atoms with Gasteiger partial charge in [-0.1, -0.05) is 51.8 Å². The minimum Gasteiger partial charge on any atom is -0.459 e. The standard InChI is InChI=1S/C31H51N5O3/c1-5-12-23(7-3)33-29(36-21-20-35(22-36)24(8-4)13-6-2)19-18-27(32)30(37)34-28-17-10-9-16-26(28)31(38)39-25-14-11-15-25/h7,9-10,16-17,24-25,27,29,33H,5-6,8,11-15,18-22,32H2,1-4H3,(H,34,37)/b23-7+. The first-order valence-corrected chi connectivity index (χ1v) is 15.2. The Hall–Kier alpha value is -2.42. The zero-order valence-electron chi connectivity index (χ0n) is 24.6. The highest BCUT2D eigenvalue weighted by Crippen LogP contribution is 2.25. The summed E-state index contributed by atoms with van der Waals surface area (Å²) in [7, 11) is 0. The number of amides is 1. The fraction of sp³-hybridized carbons (Fsp3) is 0.677. The summed E-state index contributed by atoms with van der Waals surface area (Å²) in [5, 5.41) is 6.66. The minimum absolute atomic E-state index is 0.0150. The normalized spacial score (nSPS) is 19.3. The maximum Gasteiger partial charge on any atom is 0.340 e. The quantitative estimate of drug-likeness (QED) is 0.247. The molecule has 1 saturated carbocycles. The number of rotatable bonds is 16. The topological polar surface area (TPSA) is 99.9 Å². The summed E-state index contributed by atoms with van der Waals surface area (Å²) in [6.07, 6.45) is 12.1. The van der Waals surface area contributed by atoms with E-state index in [1.54, 1.807) is 24.3 Å². The fourth-order valence-electron chi connectivity index (χ4n) is 5.46. The lowest BCUT2D eigenvalue weighted by Gasteiger charge is -2.33. The first-order valence-electron chi connectivity index (χ1n) is 15.2. The van der Waals surface area contributed by atoms with Crippen molar-refractivity contribution >= 4 is 17.6 Å². The average molecular weight is 542 g/mol. The second kappa shape index (κ2) is 16.0. The molecule has 1 aliphatic heterocycles. The van der Waals surface area contributed by atoms with Gasteiger partial charge in [0.1, 0.15) is 6.10 Å². The number of para-hydroxylation sites is 1. The molecule has 1 aliphatic carbocycles. The van der Waals surface area contributed by atoms with E-state index in [0.717, 1.165) is 64.7 Å². The van der Waals surface area contributed by atoms with Crippen molar-refractivity contribution in [3.8, 4) is 0 Å². The van der Waals surface area contributed by atoms with Gasteiger partial charge < -0.3 is 21.1 Å². The summed E-state index contributed by atoms with van der Waals surface area (Å²) < 4.78 is 5.56. The Kier molecular flexibility index (Phi) is 12.8. The Bertz CT molecular complexity index is 948. The molecule has 1 heterocycles. The fourth-order valence-corrected chi connectivity index (χ4v) is 5.46. The van der Waals surface area contributed by atoms with Crippen molar-refractivity contribution < 1.29 is 14.3 Å². The summed E-state index contributed by atoms with van der Waals surface area (Å²) in [5.41, 5.74) is 8.47. The number of nitrogens with one attached hydrogen (secondary N) is 2. The van der Waals surface area contributed by atoms with Crippen molar-refractivity contribution in [1.29, 1.82) is 0 Å². The molecule has 0 radical (unpaired) electrons. The number of hydrogen-bond donors (Lipinski definition) is 3. The number of hydrogen-bond acceptors (Lipinski definition) is 7. The van der Waals surface area contributed by atoms with E-state index in [1.165, 1.54) is 18.5 Å². The second-order valence-corrected chi connectivity index (χ2v) is 11.0. The molecule has 39 heavy (non-hydrogen) atoms. The molecule has 8 nitrogen and oxygen atoms in total. The molecule has 0 spiro atoms. The maximum absolute atomic E-state index is 13.1. The highest BCUT2D eigenvalue weighted by molar-refractivity contribution is 6.02. The maximum atomic E-state index is 13.1. The SMILES string of the molecule is C/C=C(\CCC)NC(CCC(N)C(=O)Nc1ccccc1C(=O)OC1CCC1)N1CCN(C(CC)CCC)C1. The van der Waals surface area contributed by atoms with E-state index >= 15 is 0 Å². The van der Waals surface area contributed by atoms with Crippen LogP contribution in [0.3, 0.4) is 0 Å². The smallest absolute Gasteiger partial charge is 0.340 e. The van der Waals surface area contributed by atoms with E-state index in [9.17, 15) is 9.59 Å². The van der Waals surface area contributed by atoms with E-state index < -0.39 is 12.0 Å². The van der Waals surface area contributed by atoms with Crippen LogP contribution in [0.5, 0.6) is 0 Å². The summed E-state index contributed by atoms with van der Waals surface area (Å²) in [5.74, 6) is -0.676. The van der Waals surface area contributed by atoms with Gasteiger partial charge in [-0.25, -0.2) is 4.79 Å². The van der Waals surface area contributed by atoms with E-state index in [0.29, 0.717) is 23.7 Å². The zero-order chi connectivity index (χ0) is 28.2. The number of carbonyl (C=O) groups is 2. The van der Waals surface area contributed by atoms with Crippen molar-refractivity contribution in [3.05, 3.63) is 41.6 Å². The number of esters is 1. The van der Waals surface area contributed by atoms with Gasteiger partial charge >= 0.3 is 5.97 Å². The van der Waals surface area contributed by atoms with Crippen molar-refractivity contribution in [2.75, 3.05) is 25.1 Å². The van der Waals surface area contributed by atoms with Crippen LogP contribution in [0.2, 0.25) is 0 Å². The summed E-state index contributed by atoms with van der Waals surface area (Å²) in [6, 6.07) is 6.93. The van der Waals surface area contributed by atoms with Crippen molar-refractivity contribution in [2.24, 2.45) is 5.73 Å². The van der Waals surface area contributed by atoms with Crippen molar-refractivity contribution in [3.63, 3.8) is 0 Å². The van der Waals surface area contributed by atoms with Crippen LogP contribution < -0.4 is 16.4 Å².